The Hall–Kier alpha value is -1.82. The lowest BCUT2D eigenvalue weighted by molar-refractivity contribution is 0.234. The molecule has 3 rings (SSSR count). The maximum atomic E-state index is 6.13. The summed E-state index contributed by atoms with van der Waals surface area (Å²) in [6.45, 7) is 3.90. The summed E-state index contributed by atoms with van der Waals surface area (Å²) < 4.78 is 5.62. The highest BCUT2D eigenvalue weighted by atomic mass is 32.1. The van der Waals surface area contributed by atoms with E-state index in [0.29, 0.717) is 17.4 Å². The number of anilines is 2. The Kier molecular flexibility index (Phi) is 3.96. The molecule has 0 saturated carbocycles. The van der Waals surface area contributed by atoms with Crippen LogP contribution in [0.15, 0.2) is 17.8 Å². The largest absolute Gasteiger partial charge is 0.473 e. The van der Waals surface area contributed by atoms with Crippen LogP contribution >= 0.6 is 11.3 Å². The number of rotatable bonds is 4. The van der Waals surface area contributed by atoms with Gasteiger partial charge >= 0.3 is 0 Å². The summed E-state index contributed by atoms with van der Waals surface area (Å²) in [5.41, 5.74) is 7.99. The second kappa shape index (κ2) is 5.89. The molecule has 0 amide bonds. The normalized spacial score (nSPS) is 17.6. The minimum absolute atomic E-state index is 0.0354. The van der Waals surface area contributed by atoms with Crippen molar-refractivity contribution in [3.63, 3.8) is 0 Å². The van der Waals surface area contributed by atoms with Gasteiger partial charge in [0.25, 0.3) is 0 Å². The fraction of sp³-hybridized carbons (Fsp3) is 0.467. The van der Waals surface area contributed by atoms with Crippen molar-refractivity contribution in [2.45, 2.75) is 45.3 Å². The van der Waals surface area contributed by atoms with Gasteiger partial charge in [-0.15, -0.1) is 11.3 Å². The van der Waals surface area contributed by atoms with E-state index in [-0.39, 0.29) is 12.1 Å². The Labute approximate surface area is 128 Å². The van der Waals surface area contributed by atoms with Gasteiger partial charge in [0, 0.05) is 4.88 Å². The Morgan fingerprint density at radius 3 is 3.10 bits per heavy atom. The van der Waals surface area contributed by atoms with Crippen LogP contribution in [0.1, 0.15) is 43.2 Å². The Balaban J connectivity index is 1.83. The van der Waals surface area contributed by atoms with Crippen molar-refractivity contribution >= 4 is 22.8 Å². The van der Waals surface area contributed by atoms with E-state index < -0.39 is 0 Å². The topological polar surface area (TPSA) is 73.1 Å². The molecule has 0 aliphatic heterocycles. The molecule has 3 N–H and O–H groups in total. The molecule has 1 atom stereocenters. The van der Waals surface area contributed by atoms with Crippen LogP contribution in [0.5, 0.6) is 5.88 Å². The molecule has 2 heterocycles. The monoisotopic (exact) mass is 304 g/mol. The number of thiophene rings is 1. The van der Waals surface area contributed by atoms with Crippen LogP contribution < -0.4 is 15.8 Å². The smallest absolute Gasteiger partial charge is 0.242 e. The first-order valence-corrected chi connectivity index (χ1v) is 8.13. The number of aryl methyl sites for hydroxylation is 1. The third-order valence-corrected chi connectivity index (χ3v) is 4.55. The predicted molar refractivity (Wildman–Crippen MR) is 85.8 cm³/mol. The van der Waals surface area contributed by atoms with Crippen LogP contribution in [0.4, 0.5) is 11.5 Å². The Morgan fingerprint density at radius 1 is 1.43 bits per heavy atom. The summed E-state index contributed by atoms with van der Waals surface area (Å²) in [6, 6.07) is 2.46. The zero-order valence-electron chi connectivity index (χ0n) is 12.3. The van der Waals surface area contributed by atoms with Gasteiger partial charge in [-0.05, 0) is 50.1 Å². The number of hydrogen-bond donors (Lipinski definition) is 2. The lowest BCUT2D eigenvalue weighted by Crippen LogP contribution is -2.18. The SMILES string of the molecule is CC(C)Oc1ncnc(NC2CCCc3sccc32)c1N. The minimum Gasteiger partial charge on any atom is -0.473 e. The summed E-state index contributed by atoms with van der Waals surface area (Å²) >= 11 is 1.83. The van der Waals surface area contributed by atoms with Gasteiger partial charge in [-0.25, -0.2) is 4.98 Å². The number of fused-ring (bicyclic) bond motifs is 1. The molecule has 0 aromatic carbocycles. The first-order chi connectivity index (χ1) is 10.1. The van der Waals surface area contributed by atoms with Gasteiger partial charge in [0.15, 0.2) is 5.82 Å². The van der Waals surface area contributed by atoms with E-state index in [1.54, 1.807) is 0 Å². The number of nitrogens with zero attached hydrogens (tertiary/aromatic N) is 2. The zero-order chi connectivity index (χ0) is 14.8. The maximum absolute atomic E-state index is 6.13. The molecule has 1 unspecified atom stereocenters. The van der Waals surface area contributed by atoms with E-state index in [4.69, 9.17) is 10.5 Å². The first kappa shape index (κ1) is 14.1. The molecular weight excluding hydrogens is 284 g/mol. The predicted octanol–water partition coefficient (Wildman–Crippen LogP) is 3.40. The Morgan fingerprint density at radius 2 is 2.29 bits per heavy atom. The number of nitrogens with one attached hydrogen (secondary N) is 1. The lowest BCUT2D eigenvalue weighted by atomic mass is 9.94. The van der Waals surface area contributed by atoms with Crippen molar-refractivity contribution in [3.8, 4) is 5.88 Å². The molecule has 0 saturated heterocycles. The van der Waals surface area contributed by atoms with Crippen molar-refractivity contribution < 1.29 is 4.74 Å². The van der Waals surface area contributed by atoms with Crippen molar-refractivity contribution in [2.24, 2.45) is 0 Å². The molecule has 2 aromatic rings. The van der Waals surface area contributed by atoms with Crippen LogP contribution in [0, 0.1) is 0 Å². The number of nitrogen functional groups attached to an aromatic ring is 1. The van der Waals surface area contributed by atoms with E-state index in [9.17, 15) is 0 Å². The maximum Gasteiger partial charge on any atom is 0.242 e. The van der Waals surface area contributed by atoms with E-state index in [1.807, 2.05) is 25.2 Å². The highest BCUT2D eigenvalue weighted by molar-refractivity contribution is 7.10. The number of nitrogens with two attached hydrogens (primary N) is 1. The van der Waals surface area contributed by atoms with E-state index >= 15 is 0 Å². The minimum atomic E-state index is 0.0354. The summed E-state index contributed by atoms with van der Waals surface area (Å²) in [5.74, 6) is 1.11. The third-order valence-electron chi connectivity index (χ3n) is 3.56. The molecule has 112 valence electrons. The van der Waals surface area contributed by atoms with Gasteiger partial charge in [-0.3, -0.25) is 0 Å². The molecule has 0 spiro atoms. The van der Waals surface area contributed by atoms with E-state index in [0.717, 1.165) is 6.42 Å². The van der Waals surface area contributed by atoms with Gasteiger partial charge in [0.1, 0.15) is 12.0 Å². The zero-order valence-corrected chi connectivity index (χ0v) is 13.1. The van der Waals surface area contributed by atoms with Crippen LogP contribution in [-0.2, 0) is 6.42 Å². The molecule has 6 heteroatoms. The highest BCUT2D eigenvalue weighted by Crippen LogP contribution is 2.37. The average molecular weight is 304 g/mol. The van der Waals surface area contributed by atoms with E-state index in [2.05, 4.69) is 26.7 Å². The molecule has 0 radical (unpaired) electrons. The lowest BCUT2D eigenvalue weighted by Gasteiger charge is -2.25. The number of ether oxygens (including phenoxy) is 1. The first-order valence-electron chi connectivity index (χ1n) is 7.25. The van der Waals surface area contributed by atoms with Gasteiger partial charge in [0.05, 0.1) is 12.1 Å². The van der Waals surface area contributed by atoms with Gasteiger partial charge < -0.3 is 15.8 Å². The summed E-state index contributed by atoms with van der Waals surface area (Å²) in [6.07, 6.45) is 4.98. The molecule has 0 bridgehead atoms. The van der Waals surface area contributed by atoms with Gasteiger partial charge in [0.2, 0.25) is 5.88 Å². The molecular formula is C15H20N4OS. The number of hydrogen-bond acceptors (Lipinski definition) is 6. The number of aromatic nitrogens is 2. The van der Waals surface area contributed by atoms with Crippen LogP contribution in [0.2, 0.25) is 0 Å². The van der Waals surface area contributed by atoms with Crippen LogP contribution in [-0.4, -0.2) is 16.1 Å². The van der Waals surface area contributed by atoms with E-state index in [1.165, 1.54) is 29.6 Å². The standard InChI is InChI=1S/C15H20N4OS/c1-9(2)20-15-13(16)14(17-8-18-15)19-11-4-3-5-12-10(11)6-7-21-12/h6-9,11H,3-5,16H2,1-2H3,(H,17,18,19). The van der Waals surface area contributed by atoms with Crippen LogP contribution in [0.3, 0.4) is 0 Å². The van der Waals surface area contributed by atoms with Crippen LogP contribution in [0.25, 0.3) is 0 Å². The molecule has 5 nitrogen and oxygen atoms in total. The average Bonchev–Trinajstić information content (AvgIpc) is 2.92. The fourth-order valence-electron chi connectivity index (χ4n) is 2.61. The molecule has 0 fully saturated rings. The molecule has 1 aliphatic carbocycles. The van der Waals surface area contributed by atoms with Crippen molar-refractivity contribution in [1.82, 2.24) is 9.97 Å². The summed E-state index contributed by atoms with van der Waals surface area (Å²) in [5, 5.41) is 5.61. The highest BCUT2D eigenvalue weighted by Gasteiger charge is 2.22. The van der Waals surface area contributed by atoms with Crippen molar-refractivity contribution in [1.29, 1.82) is 0 Å². The van der Waals surface area contributed by atoms with Crippen molar-refractivity contribution in [3.05, 3.63) is 28.2 Å². The summed E-state index contributed by atoms with van der Waals surface area (Å²) in [7, 11) is 0. The molecule has 1 aliphatic rings. The van der Waals surface area contributed by atoms with Crippen molar-refractivity contribution in [2.75, 3.05) is 11.1 Å². The van der Waals surface area contributed by atoms with Gasteiger partial charge in [-0.1, -0.05) is 0 Å². The summed E-state index contributed by atoms with van der Waals surface area (Å²) in [4.78, 5) is 9.85. The molecule has 21 heavy (non-hydrogen) atoms. The third kappa shape index (κ3) is 2.95. The second-order valence-electron chi connectivity index (χ2n) is 5.50. The second-order valence-corrected chi connectivity index (χ2v) is 6.50. The van der Waals surface area contributed by atoms with Gasteiger partial charge in [-0.2, -0.15) is 4.98 Å². The quantitative estimate of drug-likeness (QED) is 0.905. The molecule has 2 aromatic heterocycles. The fourth-order valence-corrected chi connectivity index (χ4v) is 3.60. The Bertz CT molecular complexity index is 626.